The minimum absolute atomic E-state index is 0.0652. The number of hydrogen-bond donors (Lipinski definition) is 1. The van der Waals surface area contributed by atoms with Crippen molar-refractivity contribution in [2.75, 3.05) is 18.5 Å². The molecule has 106 valence electrons. The summed E-state index contributed by atoms with van der Waals surface area (Å²) in [5.74, 6) is 0.419. The second kappa shape index (κ2) is 7.25. The van der Waals surface area contributed by atoms with E-state index in [9.17, 15) is 10.1 Å². The van der Waals surface area contributed by atoms with E-state index in [2.05, 4.69) is 10.3 Å². The van der Waals surface area contributed by atoms with Crippen LogP contribution in [0.3, 0.4) is 0 Å². The monoisotopic (exact) mass is 287 g/mol. The number of nitro groups is 1. The average molecular weight is 288 g/mol. The zero-order valence-corrected chi connectivity index (χ0v) is 12.0. The first-order valence-electron chi connectivity index (χ1n) is 6.11. The van der Waals surface area contributed by atoms with Gasteiger partial charge in [0.05, 0.1) is 17.6 Å². The van der Waals surface area contributed by atoms with Gasteiger partial charge in [-0.05, 0) is 18.9 Å². The second-order valence-electron chi connectivity index (χ2n) is 4.41. The van der Waals surface area contributed by atoms with Gasteiger partial charge >= 0.3 is 5.69 Å². The zero-order chi connectivity index (χ0) is 14.4. The fraction of sp³-hybridized carbons (Fsp3) is 0.583. The van der Waals surface area contributed by atoms with E-state index in [0.29, 0.717) is 13.2 Å². The van der Waals surface area contributed by atoms with E-state index in [0.717, 1.165) is 0 Å². The Labute approximate surface area is 117 Å². The summed E-state index contributed by atoms with van der Waals surface area (Å²) in [7, 11) is 0. The number of rotatable bonds is 7. The minimum Gasteiger partial charge on any atom is -0.380 e. The lowest BCUT2D eigenvalue weighted by molar-refractivity contribution is -0.384. The number of nitrogens with one attached hydrogen (secondary N) is 1. The largest absolute Gasteiger partial charge is 0.380 e. The van der Waals surface area contributed by atoms with Gasteiger partial charge in [-0.1, -0.05) is 25.4 Å². The van der Waals surface area contributed by atoms with Crippen molar-refractivity contribution in [3.05, 3.63) is 27.4 Å². The summed E-state index contributed by atoms with van der Waals surface area (Å²) >= 11 is 5.78. The maximum Gasteiger partial charge on any atom is 0.311 e. The molecule has 1 heterocycles. The molecule has 1 aromatic heterocycles. The standard InChI is InChI=1S/C12H18ClN3O3/c1-4-19-7-9(8(2)3)14-12-10(16(17)18)5-6-11(13)15-12/h5-6,8-9H,4,7H2,1-3H3,(H,14,15). The van der Waals surface area contributed by atoms with Crippen molar-refractivity contribution in [3.8, 4) is 0 Å². The Morgan fingerprint density at radius 2 is 2.21 bits per heavy atom. The van der Waals surface area contributed by atoms with Crippen LogP contribution in [0.1, 0.15) is 20.8 Å². The Kier molecular flexibility index (Phi) is 5.98. The van der Waals surface area contributed by atoms with Crippen LogP contribution in [0, 0.1) is 16.0 Å². The quantitative estimate of drug-likeness (QED) is 0.473. The van der Waals surface area contributed by atoms with Crippen LogP contribution < -0.4 is 5.32 Å². The number of ether oxygens (including phenoxy) is 1. The zero-order valence-electron chi connectivity index (χ0n) is 11.2. The number of halogens is 1. The molecule has 0 radical (unpaired) electrons. The van der Waals surface area contributed by atoms with Crippen LogP contribution in [0.15, 0.2) is 12.1 Å². The van der Waals surface area contributed by atoms with Crippen molar-refractivity contribution >= 4 is 23.1 Å². The Bertz CT molecular complexity index is 440. The van der Waals surface area contributed by atoms with Gasteiger partial charge in [0, 0.05) is 12.7 Å². The molecular weight excluding hydrogens is 270 g/mol. The number of pyridine rings is 1. The van der Waals surface area contributed by atoms with Crippen molar-refractivity contribution in [2.45, 2.75) is 26.8 Å². The van der Waals surface area contributed by atoms with Gasteiger partial charge in [-0.3, -0.25) is 10.1 Å². The maximum atomic E-state index is 10.9. The highest BCUT2D eigenvalue weighted by Gasteiger charge is 2.21. The summed E-state index contributed by atoms with van der Waals surface area (Å²) in [6, 6.07) is 2.68. The SMILES string of the molecule is CCOCC(Nc1nc(Cl)ccc1[N+](=O)[O-])C(C)C. The Hall–Kier alpha value is -1.40. The summed E-state index contributed by atoms with van der Waals surface area (Å²) in [4.78, 5) is 14.4. The summed E-state index contributed by atoms with van der Waals surface area (Å²) in [5.41, 5.74) is -0.0912. The average Bonchev–Trinajstić information content (AvgIpc) is 2.33. The maximum absolute atomic E-state index is 10.9. The third-order valence-corrected chi connectivity index (χ3v) is 2.88. The van der Waals surface area contributed by atoms with Crippen LogP contribution in [0.5, 0.6) is 0 Å². The van der Waals surface area contributed by atoms with Crippen LogP contribution in [-0.4, -0.2) is 29.2 Å². The van der Waals surface area contributed by atoms with Crippen molar-refractivity contribution in [1.29, 1.82) is 0 Å². The molecule has 0 fully saturated rings. The molecule has 0 aromatic carbocycles. The highest BCUT2D eigenvalue weighted by Crippen LogP contribution is 2.25. The van der Waals surface area contributed by atoms with E-state index in [1.165, 1.54) is 12.1 Å². The topological polar surface area (TPSA) is 77.3 Å². The van der Waals surface area contributed by atoms with E-state index >= 15 is 0 Å². The molecule has 1 N–H and O–H groups in total. The molecule has 0 aliphatic rings. The lowest BCUT2D eigenvalue weighted by atomic mass is 10.1. The molecular formula is C12H18ClN3O3. The van der Waals surface area contributed by atoms with E-state index in [1.807, 2.05) is 20.8 Å². The Morgan fingerprint density at radius 3 is 2.74 bits per heavy atom. The van der Waals surface area contributed by atoms with E-state index in [4.69, 9.17) is 16.3 Å². The molecule has 1 unspecified atom stereocenters. The predicted octanol–water partition coefficient (Wildman–Crippen LogP) is 3.12. The van der Waals surface area contributed by atoms with Crippen LogP contribution in [0.2, 0.25) is 5.15 Å². The third kappa shape index (κ3) is 4.65. The van der Waals surface area contributed by atoms with Crippen LogP contribution in [0.25, 0.3) is 0 Å². The number of hydrogen-bond acceptors (Lipinski definition) is 5. The molecule has 0 spiro atoms. The second-order valence-corrected chi connectivity index (χ2v) is 4.80. The Morgan fingerprint density at radius 1 is 1.53 bits per heavy atom. The van der Waals surface area contributed by atoms with Gasteiger partial charge in [0.25, 0.3) is 0 Å². The molecule has 0 amide bonds. The lowest BCUT2D eigenvalue weighted by Gasteiger charge is -2.22. The molecule has 6 nitrogen and oxygen atoms in total. The third-order valence-electron chi connectivity index (χ3n) is 2.67. The van der Waals surface area contributed by atoms with Crippen molar-refractivity contribution < 1.29 is 9.66 Å². The summed E-state index contributed by atoms with van der Waals surface area (Å²) in [5, 5.41) is 14.2. The van der Waals surface area contributed by atoms with Gasteiger partial charge < -0.3 is 10.1 Å². The van der Waals surface area contributed by atoms with Crippen molar-refractivity contribution in [3.63, 3.8) is 0 Å². The molecule has 1 atom stereocenters. The number of anilines is 1. The Balaban J connectivity index is 2.94. The van der Waals surface area contributed by atoms with Gasteiger partial charge in [0.15, 0.2) is 0 Å². The van der Waals surface area contributed by atoms with Gasteiger partial charge in [-0.25, -0.2) is 4.98 Å². The van der Waals surface area contributed by atoms with E-state index in [1.54, 1.807) is 0 Å². The molecule has 1 rings (SSSR count). The van der Waals surface area contributed by atoms with E-state index < -0.39 is 4.92 Å². The molecule has 19 heavy (non-hydrogen) atoms. The van der Waals surface area contributed by atoms with Gasteiger partial charge in [0.1, 0.15) is 5.15 Å². The van der Waals surface area contributed by atoms with Crippen LogP contribution in [0.4, 0.5) is 11.5 Å². The van der Waals surface area contributed by atoms with Crippen molar-refractivity contribution in [2.24, 2.45) is 5.92 Å². The smallest absolute Gasteiger partial charge is 0.311 e. The molecule has 1 aromatic rings. The number of aromatic nitrogens is 1. The first-order chi connectivity index (χ1) is 8.95. The highest BCUT2D eigenvalue weighted by atomic mass is 35.5. The normalized spacial score (nSPS) is 12.5. The summed E-state index contributed by atoms with van der Waals surface area (Å²) in [6.07, 6.45) is 0. The van der Waals surface area contributed by atoms with E-state index in [-0.39, 0.29) is 28.6 Å². The lowest BCUT2D eigenvalue weighted by Crippen LogP contribution is -2.31. The first-order valence-corrected chi connectivity index (χ1v) is 6.48. The molecule has 0 aliphatic carbocycles. The minimum atomic E-state index is -0.482. The van der Waals surface area contributed by atoms with Gasteiger partial charge in [-0.15, -0.1) is 0 Å². The van der Waals surface area contributed by atoms with Gasteiger partial charge in [0.2, 0.25) is 5.82 Å². The fourth-order valence-electron chi connectivity index (χ4n) is 1.50. The predicted molar refractivity (Wildman–Crippen MR) is 74.6 cm³/mol. The molecule has 7 heteroatoms. The van der Waals surface area contributed by atoms with Crippen molar-refractivity contribution in [1.82, 2.24) is 4.98 Å². The molecule has 0 aliphatic heterocycles. The molecule has 0 bridgehead atoms. The van der Waals surface area contributed by atoms with Crippen LogP contribution >= 0.6 is 11.6 Å². The first kappa shape index (κ1) is 15.7. The molecule has 0 saturated carbocycles. The van der Waals surface area contributed by atoms with Crippen LogP contribution in [-0.2, 0) is 4.74 Å². The number of nitrogens with zero attached hydrogens (tertiary/aromatic N) is 2. The summed E-state index contributed by atoms with van der Waals surface area (Å²) in [6.45, 7) is 6.97. The summed E-state index contributed by atoms with van der Waals surface area (Å²) < 4.78 is 5.37. The highest BCUT2D eigenvalue weighted by molar-refractivity contribution is 6.29. The van der Waals surface area contributed by atoms with Gasteiger partial charge in [-0.2, -0.15) is 0 Å². The fourth-order valence-corrected chi connectivity index (χ4v) is 1.65. The molecule has 0 saturated heterocycles.